The zero-order valence-corrected chi connectivity index (χ0v) is 16.3. The first-order chi connectivity index (χ1) is 12.9. The maximum absolute atomic E-state index is 13.0. The molecule has 0 aliphatic carbocycles. The first-order valence-electron chi connectivity index (χ1n) is 8.61. The Morgan fingerprint density at radius 3 is 3.04 bits per heavy atom. The van der Waals surface area contributed by atoms with Crippen molar-refractivity contribution in [3.05, 3.63) is 36.3 Å². The molecule has 1 aliphatic rings. The summed E-state index contributed by atoms with van der Waals surface area (Å²) in [5, 5.41) is 2.81. The highest BCUT2D eigenvalue weighted by atomic mass is 32.2. The molecule has 1 amide bonds. The Bertz CT molecular complexity index is 1060. The number of hydrogen-bond acceptors (Lipinski definition) is 6. The number of carbonyl (C=O) groups is 1. The van der Waals surface area contributed by atoms with Crippen LogP contribution in [-0.2, 0) is 14.8 Å². The van der Waals surface area contributed by atoms with Gasteiger partial charge in [0.2, 0.25) is 5.91 Å². The summed E-state index contributed by atoms with van der Waals surface area (Å²) in [6, 6.07) is 5.83. The number of nitrogens with one attached hydrogen (secondary N) is 2. The molecule has 4 heterocycles. The fourth-order valence-electron chi connectivity index (χ4n) is 3.33. The minimum Gasteiger partial charge on any atom is -0.357 e. The Hall–Kier alpha value is -2.30. The second-order valence-corrected chi connectivity index (χ2v) is 9.72. The molecule has 0 spiro atoms. The molecule has 4 rings (SSSR count). The lowest BCUT2D eigenvalue weighted by Crippen LogP contribution is -2.38. The van der Waals surface area contributed by atoms with Gasteiger partial charge < -0.3 is 10.3 Å². The number of aromatic nitrogens is 3. The lowest BCUT2D eigenvalue weighted by atomic mass is 9.96. The molecule has 10 heteroatoms. The van der Waals surface area contributed by atoms with Crippen molar-refractivity contribution in [3.63, 3.8) is 0 Å². The fourth-order valence-corrected chi connectivity index (χ4v) is 6.08. The molecule has 0 saturated carbocycles. The Labute approximate surface area is 160 Å². The molecule has 3 aromatic heterocycles. The van der Waals surface area contributed by atoms with Crippen molar-refractivity contribution in [2.24, 2.45) is 0 Å². The highest BCUT2D eigenvalue weighted by molar-refractivity contribution is 7.91. The molecule has 0 aromatic carbocycles. The van der Waals surface area contributed by atoms with Gasteiger partial charge in [-0.05, 0) is 31.0 Å². The first kappa shape index (κ1) is 18.1. The van der Waals surface area contributed by atoms with E-state index >= 15 is 0 Å². The number of fused-ring (bicyclic) bond motifs is 1. The molecule has 142 valence electrons. The van der Waals surface area contributed by atoms with Crippen LogP contribution in [0, 0.1) is 0 Å². The summed E-state index contributed by atoms with van der Waals surface area (Å²) >= 11 is 0.972. The molecule has 1 atom stereocenters. The van der Waals surface area contributed by atoms with Crippen LogP contribution in [0.15, 0.2) is 34.8 Å². The molecule has 0 unspecified atom stereocenters. The van der Waals surface area contributed by atoms with Crippen molar-refractivity contribution in [3.8, 4) is 0 Å². The summed E-state index contributed by atoms with van der Waals surface area (Å²) in [6.07, 6.45) is 4.75. The van der Waals surface area contributed by atoms with Crippen LogP contribution < -0.4 is 5.32 Å². The summed E-state index contributed by atoms with van der Waals surface area (Å²) < 4.78 is 27.6. The van der Waals surface area contributed by atoms with E-state index in [1.54, 1.807) is 6.20 Å². The Kier molecular flexibility index (Phi) is 4.70. The minimum absolute atomic E-state index is 0.0884. The molecule has 3 aromatic rings. The number of H-pyrrole nitrogens is 1. The van der Waals surface area contributed by atoms with Gasteiger partial charge in [0.1, 0.15) is 0 Å². The number of amides is 1. The monoisotopic (exact) mass is 405 g/mol. The highest BCUT2D eigenvalue weighted by Crippen LogP contribution is 2.33. The SMILES string of the molecule is CC(=O)Nc1ncc(S(=O)(=O)N2CCC[C@H](c3cc4ncccc4[nH]3)C2)s1. The van der Waals surface area contributed by atoms with Gasteiger partial charge in [0.05, 0.1) is 17.2 Å². The number of anilines is 1. The third-order valence-corrected chi connectivity index (χ3v) is 7.81. The number of carbonyl (C=O) groups excluding carboxylic acids is 1. The van der Waals surface area contributed by atoms with Gasteiger partial charge in [0.25, 0.3) is 10.0 Å². The molecule has 27 heavy (non-hydrogen) atoms. The number of nitrogens with zero attached hydrogens (tertiary/aromatic N) is 3. The number of pyridine rings is 1. The molecule has 1 fully saturated rings. The highest BCUT2D eigenvalue weighted by Gasteiger charge is 2.33. The zero-order chi connectivity index (χ0) is 19.0. The van der Waals surface area contributed by atoms with E-state index in [1.807, 2.05) is 18.2 Å². The topological polar surface area (TPSA) is 108 Å². The van der Waals surface area contributed by atoms with Crippen LogP contribution in [0.4, 0.5) is 5.13 Å². The molecule has 8 nitrogen and oxygen atoms in total. The van der Waals surface area contributed by atoms with E-state index in [0.717, 1.165) is 40.9 Å². The lowest BCUT2D eigenvalue weighted by Gasteiger charge is -2.31. The molecule has 1 saturated heterocycles. The number of piperidine rings is 1. The molecule has 1 aliphatic heterocycles. The van der Waals surface area contributed by atoms with Crippen LogP contribution in [0.3, 0.4) is 0 Å². The summed E-state index contributed by atoms with van der Waals surface area (Å²) in [7, 11) is -3.64. The van der Waals surface area contributed by atoms with Crippen molar-refractivity contribution in [1.29, 1.82) is 0 Å². The first-order valence-corrected chi connectivity index (χ1v) is 10.9. The zero-order valence-electron chi connectivity index (χ0n) is 14.7. The van der Waals surface area contributed by atoms with E-state index in [2.05, 4.69) is 20.3 Å². The normalized spacial score (nSPS) is 18.6. The predicted octanol–water partition coefficient (Wildman–Crippen LogP) is 2.55. The Morgan fingerprint density at radius 2 is 2.26 bits per heavy atom. The second kappa shape index (κ2) is 7.02. The Balaban J connectivity index is 1.56. The maximum Gasteiger partial charge on any atom is 0.254 e. The van der Waals surface area contributed by atoms with E-state index < -0.39 is 10.0 Å². The van der Waals surface area contributed by atoms with Crippen LogP contribution >= 0.6 is 11.3 Å². The number of hydrogen-bond donors (Lipinski definition) is 2. The minimum atomic E-state index is -3.64. The van der Waals surface area contributed by atoms with Crippen molar-refractivity contribution in [2.75, 3.05) is 18.4 Å². The van der Waals surface area contributed by atoms with Crippen LogP contribution in [0.1, 0.15) is 31.4 Å². The predicted molar refractivity (Wildman–Crippen MR) is 103 cm³/mol. The second-order valence-electron chi connectivity index (χ2n) is 6.53. The van der Waals surface area contributed by atoms with Crippen molar-refractivity contribution in [1.82, 2.24) is 19.3 Å². The molecular formula is C17H19N5O3S2. The number of sulfonamides is 1. The lowest BCUT2D eigenvalue weighted by molar-refractivity contribution is -0.114. The number of thiazole rings is 1. The van der Waals surface area contributed by atoms with Gasteiger partial charge in [-0.25, -0.2) is 13.4 Å². The third kappa shape index (κ3) is 3.60. The summed E-state index contributed by atoms with van der Waals surface area (Å²) in [4.78, 5) is 22.8. The molecule has 0 bridgehead atoms. The standard InChI is InChI=1S/C17H19N5O3S2/c1-11(23)20-17-19-9-16(26-17)27(24,25)22-7-3-4-12(10-22)14-8-15-13(21-14)5-2-6-18-15/h2,5-6,8-9,12,21H,3-4,7,10H2,1H3,(H,19,20,23)/t12-/m0/s1. The van der Waals surface area contributed by atoms with Gasteiger partial charge >= 0.3 is 0 Å². The van der Waals surface area contributed by atoms with Gasteiger partial charge in [-0.15, -0.1) is 0 Å². The van der Waals surface area contributed by atoms with E-state index in [-0.39, 0.29) is 21.2 Å². The summed E-state index contributed by atoms with van der Waals surface area (Å²) in [6.45, 7) is 2.24. The van der Waals surface area contributed by atoms with Gasteiger partial charge in [0, 0.05) is 37.8 Å². The van der Waals surface area contributed by atoms with Gasteiger partial charge in [-0.1, -0.05) is 11.3 Å². The summed E-state index contributed by atoms with van der Waals surface area (Å²) in [5.41, 5.74) is 2.84. The fraction of sp³-hybridized carbons (Fsp3) is 0.353. The largest absolute Gasteiger partial charge is 0.357 e. The average Bonchev–Trinajstić information content (AvgIpc) is 3.28. The van der Waals surface area contributed by atoms with E-state index in [9.17, 15) is 13.2 Å². The van der Waals surface area contributed by atoms with Crippen LogP contribution in [0.25, 0.3) is 11.0 Å². The quantitative estimate of drug-likeness (QED) is 0.693. The van der Waals surface area contributed by atoms with Crippen LogP contribution in [-0.4, -0.2) is 46.7 Å². The van der Waals surface area contributed by atoms with Gasteiger partial charge in [-0.2, -0.15) is 4.31 Å². The van der Waals surface area contributed by atoms with Gasteiger partial charge in [0.15, 0.2) is 9.34 Å². The smallest absolute Gasteiger partial charge is 0.254 e. The average molecular weight is 406 g/mol. The Morgan fingerprint density at radius 1 is 1.41 bits per heavy atom. The summed E-state index contributed by atoms with van der Waals surface area (Å²) in [5.74, 6) is -0.191. The number of aromatic amines is 1. The van der Waals surface area contributed by atoms with Crippen LogP contribution in [0.2, 0.25) is 0 Å². The number of rotatable bonds is 4. The van der Waals surface area contributed by atoms with Crippen molar-refractivity contribution < 1.29 is 13.2 Å². The van der Waals surface area contributed by atoms with Crippen LogP contribution in [0.5, 0.6) is 0 Å². The molecule has 0 radical (unpaired) electrons. The maximum atomic E-state index is 13.0. The van der Waals surface area contributed by atoms with Gasteiger partial charge in [-0.3, -0.25) is 9.78 Å². The van der Waals surface area contributed by atoms with E-state index in [0.29, 0.717) is 13.1 Å². The molecular weight excluding hydrogens is 386 g/mol. The van der Waals surface area contributed by atoms with Crippen molar-refractivity contribution >= 4 is 43.4 Å². The van der Waals surface area contributed by atoms with E-state index in [4.69, 9.17) is 0 Å². The molecule has 2 N–H and O–H groups in total. The third-order valence-electron chi connectivity index (χ3n) is 4.60. The van der Waals surface area contributed by atoms with E-state index in [1.165, 1.54) is 17.4 Å². The van der Waals surface area contributed by atoms with Crippen molar-refractivity contribution in [2.45, 2.75) is 29.9 Å².